The Kier molecular flexibility index (Phi) is 7.49. The largest absolute Gasteiger partial charge is 0.504 e. The zero-order valence-corrected chi connectivity index (χ0v) is 23.2. The molecule has 7 nitrogen and oxygen atoms in total. The summed E-state index contributed by atoms with van der Waals surface area (Å²) < 4.78 is 28.4. The van der Waals surface area contributed by atoms with E-state index in [4.69, 9.17) is 23.7 Å². The quantitative estimate of drug-likeness (QED) is 0.231. The predicted octanol–water partition coefficient (Wildman–Crippen LogP) is 6.76. The SMILES string of the molecule is COCCOCOCc1ccsc1C=C1Oc2ccc(O)c(OC)c2-c2ccc3c(c21)C(C)=CC(C)(C)N3. The fourth-order valence-electron chi connectivity index (χ4n) is 5.07. The minimum atomic E-state index is -0.178. The van der Waals surface area contributed by atoms with E-state index in [0.717, 1.165) is 49.7 Å². The van der Waals surface area contributed by atoms with Gasteiger partial charge in [0, 0.05) is 34.4 Å². The summed E-state index contributed by atoms with van der Waals surface area (Å²) in [6, 6.07) is 9.60. The molecule has 38 heavy (non-hydrogen) atoms. The zero-order valence-electron chi connectivity index (χ0n) is 22.3. The zero-order chi connectivity index (χ0) is 26.9. The molecule has 1 aromatic heterocycles. The summed E-state index contributed by atoms with van der Waals surface area (Å²) in [5, 5.41) is 16.3. The third-order valence-electron chi connectivity index (χ3n) is 6.57. The molecule has 0 amide bonds. The molecule has 0 saturated carbocycles. The highest BCUT2D eigenvalue weighted by Crippen LogP contribution is 2.54. The fourth-order valence-corrected chi connectivity index (χ4v) is 5.91. The molecule has 0 saturated heterocycles. The first-order chi connectivity index (χ1) is 18.3. The van der Waals surface area contributed by atoms with Crippen LogP contribution < -0.4 is 14.8 Å². The highest BCUT2D eigenvalue weighted by atomic mass is 32.1. The molecular formula is C30H33NO6S. The second kappa shape index (κ2) is 10.8. The first kappa shape index (κ1) is 26.3. The van der Waals surface area contributed by atoms with Crippen molar-refractivity contribution in [1.29, 1.82) is 0 Å². The number of nitrogens with one attached hydrogen (secondary N) is 1. The summed E-state index contributed by atoms with van der Waals surface area (Å²) in [6.45, 7) is 8.07. The van der Waals surface area contributed by atoms with E-state index in [1.807, 2.05) is 5.38 Å². The number of ether oxygens (including phenoxy) is 5. The van der Waals surface area contributed by atoms with Crippen LogP contribution in [0, 0.1) is 0 Å². The molecule has 5 rings (SSSR count). The van der Waals surface area contributed by atoms with Crippen molar-refractivity contribution in [2.45, 2.75) is 32.9 Å². The lowest BCUT2D eigenvalue weighted by atomic mass is 9.83. The number of thiophene rings is 1. The van der Waals surface area contributed by atoms with Crippen LogP contribution >= 0.6 is 11.3 Å². The van der Waals surface area contributed by atoms with Gasteiger partial charge in [0.15, 0.2) is 11.5 Å². The van der Waals surface area contributed by atoms with E-state index in [2.05, 4.69) is 56.4 Å². The highest BCUT2D eigenvalue weighted by molar-refractivity contribution is 7.11. The molecular weight excluding hydrogens is 502 g/mol. The van der Waals surface area contributed by atoms with Crippen molar-refractivity contribution in [2.75, 3.05) is 39.5 Å². The van der Waals surface area contributed by atoms with Crippen molar-refractivity contribution in [3.05, 3.63) is 63.4 Å². The lowest BCUT2D eigenvalue weighted by Gasteiger charge is -2.35. The van der Waals surface area contributed by atoms with Gasteiger partial charge in [0.25, 0.3) is 0 Å². The molecule has 8 heteroatoms. The van der Waals surface area contributed by atoms with Crippen LogP contribution in [-0.2, 0) is 20.8 Å². The number of fused-ring (bicyclic) bond motifs is 5. The van der Waals surface area contributed by atoms with Crippen molar-refractivity contribution in [3.8, 4) is 28.4 Å². The molecule has 0 fully saturated rings. The molecule has 0 atom stereocenters. The maximum Gasteiger partial charge on any atom is 0.172 e. The van der Waals surface area contributed by atoms with Crippen molar-refractivity contribution in [1.82, 2.24) is 0 Å². The Balaban J connectivity index is 1.59. The second-order valence-electron chi connectivity index (χ2n) is 9.86. The molecule has 2 aliphatic rings. The Morgan fingerprint density at radius 3 is 2.66 bits per heavy atom. The molecule has 200 valence electrons. The summed E-state index contributed by atoms with van der Waals surface area (Å²) in [7, 11) is 3.20. The van der Waals surface area contributed by atoms with Crippen LogP contribution in [0.5, 0.6) is 17.2 Å². The topological polar surface area (TPSA) is 78.4 Å². The Morgan fingerprint density at radius 1 is 1.03 bits per heavy atom. The molecule has 2 N–H and O–H groups in total. The van der Waals surface area contributed by atoms with E-state index in [-0.39, 0.29) is 18.1 Å². The van der Waals surface area contributed by atoms with E-state index < -0.39 is 0 Å². The molecule has 3 heterocycles. The maximum absolute atomic E-state index is 10.6. The average molecular weight is 536 g/mol. The van der Waals surface area contributed by atoms with Gasteiger partial charge in [-0.15, -0.1) is 11.3 Å². The summed E-state index contributed by atoms with van der Waals surface area (Å²) in [5.41, 5.74) is 6.77. The lowest BCUT2D eigenvalue weighted by Crippen LogP contribution is -2.32. The van der Waals surface area contributed by atoms with Gasteiger partial charge in [-0.1, -0.05) is 12.1 Å². The first-order valence-corrected chi connectivity index (χ1v) is 13.4. The van der Waals surface area contributed by atoms with Gasteiger partial charge in [-0.25, -0.2) is 0 Å². The Morgan fingerprint density at radius 2 is 1.87 bits per heavy atom. The number of allylic oxidation sites excluding steroid dienone is 1. The molecule has 0 aliphatic carbocycles. The number of hydrogen-bond donors (Lipinski definition) is 2. The van der Waals surface area contributed by atoms with Crippen LogP contribution in [0.25, 0.3) is 28.5 Å². The van der Waals surface area contributed by atoms with Crippen LogP contribution in [0.3, 0.4) is 0 Å². The van der Waals surface area contributed by atoms with Crippen LogP contribution in [0.2, 0.25) is 0 Å². The van der Waals surface area contributed by atoms with Crippen LogP contribution in [-0.4, -0.2) is 44.9 Å². The van der Waals surface area contributed by atoms with Crippen molar-refractivity contribution in [2.24, 2.45) is 0 Å². The minimum Gasteiger partial charge on any atom is -0.504 e. The van der Waals surface area contributed by atoms with Crippen LogP contribution in [0.4, 0.5) is 5.69 Å². The van der Waals surface area contributed by atoms with Gasteiger partial charge in [-0.3, -0.25) is 0 Å². The smallest absolute Gasteiger partial charge is 0.172 e. The lowest BCUT2D eigenvalue weighted by molar-refractivity contribution is -0.0724. The Hall–Kier alpha value is -3.30. The van der Waals surface area contributed by atoms with Crippen molar-refractivity contribution < 1.29 is 28.8 Å². The van der Waals surface area contributed by atoms with Gasteiger partial charge < -0.3 is 34.1 Å². The molecule has 0 unspecified atom stereocenters. The molecule has 2 aliphatic heterocycles. The fraction of sp³-hybridized carbons (Fsp3) is 0.333. The first-order valence-electron chi connectivity index (χ1n) is 12.5. The van der Waals surface area contributed by atoms with E-state index >= 15 is 0 Å². The van der Waals surface area contributed by atoms with Gasteiger partial charge in [0.1, 0.15) is 18.3 Å². The summed E-state index contributed by atoms with van der Waals surface area (Å²) in [5.74, 6) is 1.83. The molecule has 3 aromatic rings. The highest BCUT2D eigenvalue weighted by Gasteiger charge is 2.33. The minimum absolute atomic E-state index is 0.0721. The van der Waals surface area contributed by atoms with E-state index in [9.17, 15) is 5.11 Å². The van der Waals surface area contributed by atoms with Gasteiger partial charge in [0.05, 0.1) is 38.0 Å². The Bertz CT molecular complexity index is 1400. The molecule has 2 aromatic carbocycles. The van der Waals surface area contributed by atoms with Gasteiger partial charge in [-0.2, -0.15) is 0 Å². The Labute approximate surface area is 227 Å². The third-order valence-corrected chi connectivity index (χ3v) is 7.48. The second-order valence-corrected chi connectivity index (χ2v) is 10.8. The summed E-state index contributed by atoms with van der Waals surface area (Å²) in [4.78, 5) is 1.04. The van der Waals surface area contributed by atoms with Gasteiger partial charge in [-0.05, 0) is 67.6 Å². The number of rotatable bonds is 9. The number of phenols is 1. The monoisotopic (exact) mass is 535 g/mol. The predicted molar refractivity (Wildman–Crippen MR) is 152 cm³/mol. The standard InChI is InChI=1S/C30H33NO6S/c1-18-15-30(2,3)31-21-7-6-20-27(26(18)21)24(37-23-9-8-22(32)29(34-5)28(20)23)14-25-19(10-13-38-25)16-36-17-35-12-11-33-4/h6-10,13-15,31-32H,11-12,16-17H2,1-5H3. The van der Waals surface area contributed by atoms with Crippen LogP contribution in [0.1, 0.15) is 42.3 Å². The normalized spacial score (nSPS) is 16.1. The van der Waals surface area contributed by atoms with E-state index in [0.29, 0.717) is 31.3 Å². The summed E-state index contributed by atoms with van der Waals surface area (Å²) in [6.07, 6.45) is 4.31. The van der Waals surface area contributed by atoms with Crippen molar-refractivity contribution in [3.63, 3.8) is 0 Å². The number of methoxy groups -OCH3 is 2. The number of aromatic hydroxyl groups is 1. The van der Waals surface area contributed by atoms with Crippen molar-refractivity contribution >= 4 is 34.4 Å². The van der Waals surface area contributed by atoms with Gasteiger partial charge in [0.2, 0.25) is 0 Å². The number of hydrogen-bond acceptors (Lipinski definition) is 8. The van der Waals surface area contributed by atoms with Crippen LogP contribution in [0.15, 0.2) is 41.8 Å². The number of anilines is 1. The maximum atomic E-state index is 10.6. The summed E-state index contributed by atoms with van der Waals surface area (Å²) >= 11 is 1.63. The van der Waals surface area contributed by atoms with E-state index in [1.54, 1.807) is 37.7 Å². The molecule has 0 radical (unpaired) electrons. The number of benzene rings is 2. The third kappa shape index (κ3) is 5.05. The molecule has 0 spiro atoms. The number of phenolic OH excluding ortho intramolecular Hbond substituents is 1. The molecule has 0 bridgehead atoms. The van der Waals surface area contributed by atoms with E-state index in [1.165, 1.54) is 0 Å². The van der Waals surface area contributed by atoms with Gasteiger partial charge >= 0.3 is 0 Å². The average Bonchev–Trinajstić information content (AvgIpc) is 3.32.